The van der Waals surface area contributed by atoms with Crippen molar-refractivity contribution >= 4 is 17.3 Å². The number of nitro benzene ring substituents is 1. The van der Waals surface area contributed by atoms with Gasteiger partial charge in [-0.05, 0) is 6.07 Å². The van der Waals surface area contributed by atoms with Gasteiger partial charge in [-0.25, -0.2) is 4.98 Å². The molecule has 0 aliphatic rings. The lowest BCUT2D eigenvalue weighted by Crippen LogP contribution is -2.18. The average molecular weight is 312 g/mol. The van der Waals surface area contributed by atoms with Gasteiger partial charge in [-0.2, -0.15) is 0 Å². The predicted molar refractivity (Wildman–Crippen MR) is 77.2 cm³/mol. The molecule has 0 fully saturated rings. The van der Waals surface area contributed by atoms with Crippen LogP contribution >= 0.6 is 11.6 Å². The quantitative estimate of drug-likeness (QED) is 0.480. The Kier molecular flexibility index (Phi) is 5.26. The van der Waals surface area contributed by atoms with E-state index in [9.17, 15) is 10.1 Å². The van der Waals surface area contributed by atoms with E-state index in [1.165, 1.54) is 18.4 Å². The predicted octanol–water partition coefficient (Wildman–Crippen LogP) is 2.64. The highest BCUT2D eigenvalue weighted by atomic mass is 35.5. The van der Waals surface area contributed by atoms with Gasteiger partial charge in [0.25, 0.3) is 5.69 Å². The number of halogens is 1. The molecule has 0 aliphatic carbocycles. The molecule has 0 saturated carbocycles. The van der Waals surface area contributed by atoms with Crippen molar-refractivity contribution in [2.45, 2.75) is 6.54 Å². The first-order valence-corrected chi connectivity index (χ1v) is 6.58. The standard InChI is InChI=1S/C13H14ClN3O4/c1-20-6-5-15-7-9-8-21-13(16-9)12-10(14)3-2-4-11(12)17(18)19/h2-4,8,15H,5-7H2,1H3. The number of methoxy groups -OCH3 is 1. The molecule has 0 amide bonds. The van der Waals surface area contributed by atoms with Gasteiger partial charge < -0.3 is 14.5 Å². The maximum atomic E-state index is 11.0. The number of aromatic nitrogens is 1. The molecule has 8 heteroatoms. The summed E-state index contributed by atoms with van der Waals surface area (Å²) >= 11 is 6.03. The first-order valence-electron chi connectivity index (χ1n) is 6.21. The maximum absolute atomic E-state index is 11.0. The lowest BCUT2D eigenvalue weighted by molar-refractivity contribution is -0.384. The van der Waals surface area contributed by atoms with Gasteiger partial charge in [-0.15, -0.1) is 0 Å². The molecule has 112 valence electrons. The summed E-state index contributed by atoms with van der Waals surface area (Å²) in [7, 11) is 1.62. The molecule has 1 aromatic carbocycles. The fourth-order valence-corrected chi connectivity index (χ4v) is 2.02. The highest BCUT2D eigenvalue weighted by Gasteiger charge is 2.22. The van der Waals surface area contributed by atoms with E-state index < -0.39 is 4.92 Å². The van der Waals surface area contributed by atoms with Crippen LogP contribution in [0.2, 0.25) is 5.02 Å². The molecule has 7 nitrogen and oxygen atoms in total. The van der Waals surface area contributed by atoms with Gasteiger partial charge in [0.15, 0.2) is 0 Å². The first-order chi connectivity index (χ1) is 10.1. The van der Waals surface area contributed by atoms with E-state index in [4.69, 9.17) is 20.8 Å². The molecule has 2 aromatic rings. The molecule has 0 bridgehead atoms. The molecule has 1 heterocycles. The summed E-state index contributed by atoms with van der Waals surface area (Å²) in [6.07, 6.45) is 1.45. The second-order valence-corrected chi connectivity index (χ2v) is 4.61. The third-order valence-electron chi connectivity index (χ3n) is 2.74. The molecule has 0 radical (unpaired) electrons. The van der Waals surface area contributed by atoms with Crippen LogP contribution in [0.1, 0.15) is 5.69 Å². The van der Waals surface area contributed by atoms with E-state index in [2.05, 4.69) is 10.3 Å². The van der Waals surface area contributed by atoms with Gasteiger partial charge >= 0.3 is 0 Å². The van der Waals surface area contributed by atoms with Crippen LogP contribution in [0.4, 0.5) is 5.69 Å². The second kappa shape index (κ2) is 7.16. The van der Waals surface area contributed by atoms with Crippen LogP contribution in [0.15, 0.2) is 28.9 Å². The number of nitrogens with one attached hydrogen (secondary N) is 1. The Labute approximate surface area is 126 Å². The molecule has 0 saturated heterocycles. The number of nitro groups is 1. The fraction of sp³-hybridized carbons (Fsp3) is 0.308. The lowest BCUT2D eigenvalue weighted by atomic mass is 10.2. The molecule has 0 unspecified atom stereocenters. The number of hydrogen-bond donors (Lipinski definition) is 1. The zero-order valence-electron chi connectivity index (χ0n) is 11.3. The lowest BCUT2D eigenvalue weighted by Gasteiger charge is -2.01. The van der Waals surface area contributed by atoms with Crippen molar-refractivity contribution in [2.24, 2.45) is 0 Å². The first kappa shape index (κ1) is 15.4. The summed E-state index contributed by atoms with van der Waals surface area (Å²) in [6.45, 7) is 1.73. The number of oxazole rings is 1. The summed E-state index contributed by atoms with van der Waals surface area (Å²) in [5, 5.41) is 14.4. The van der Waals surface area contributed by atoms with Crippen LogP contribution in [0.5, 0.6) is 0 Å². The Morgan fingerprint density at radius 2 is 2.33 bits per heavy atom. The molecule has 0 aliphatic heterocycles. The minimum absolute atomic E-state index is 0.135. The molecular formula is C13H14ClN3O4. The van der Waals surface area contributed by atoms with Crippen molar-refractivity contribution in [1.29, 1.82) is 0 Å². The van der Waals surface area contributed by atoms with Crippen LogP contribution in [-0.2, 0) is 11.3 Å². The van der Waals surface area contributed by atoms with Crippen molar-refractivity contribution in [1.82, 2.24) is 10.3 Å². The van der Waals surface area contributed by atoms with Crippen molar-refractivity contribution < 1.29 is 14.1 Å². The van der Waals surface area contributed by atoms with E-state index in [1.807, 2.05) is 0 Å². The Morgan fingerprint density at radius 3 is 3.05 bits per heavy atom. The second-order valence-electron chi connectivity index (χ2n) is 4.20. The molecule has 1 N–H and O–H groups in total. The van der Waals surface area contributed by atoms with Crippen molar-refractivity contribution in [3.63, 3.8) is 0 Å². The van der Waals surface area contributed by atoms with Crippen molar-refractivity contribution in [3.8, 4) is 11.5 Å². The van der Waals surface area contributed by atoms with E-state index in [0.29, 0.717) is 25.4 Å². The Bertz CT molecular complexity index is 630. The van der Waals surface area contributed by atoms with Gasteiger partial charge in [0.05, 0.1) is 22.2 Å². The number of ether oxygens (including phenoxy) is 1. The average Bonchev–Trinajstić information content (AvgIpc) is 2.91. The Morgan fingerprint density at radius 1 is 1.52 bits per heavy atom. The zero-order chi connectivity index (χ0) is 15.2. The molecule has 2 rings (SSSR count). The smallest absolute Gasteiger partial charge is 0.283 e. The van der Waals surface area contributed by atoms with Gasteiger partial charge in [-0.3, -0.25) is 10.1 Å². The minimum atomic E-state index is -0.512. The molecule has 1 aromatic heterocycles. The van der Waals surface area contributed by atoms with Crippen LogP contribution < -0.4 is 5.32 Å². The van der Waals surface area contributed by atoms with E-state index >= 15 is 0 Å². The van der Waals surface area contributed by atoms with Crippen molar-refractivity contribution in [3.05, 3.63) is 45.3 Å². The third kappa shape index (κ3) is 3.78. The maximum Gasteiger partial charge on any atom is 0.283 e. The van der Waals surface area contributed by atoms with E-state index in [0.717, 1.165) is 0 Å². The summed E-state index contributed by atoms with van der Waals surface area (Å²) in [5.74, 6) is 0.135. The molecule has 21 heavy (non-hydrogen) atoms. The van der Waals surface area contributed by atoms with Gasteiger partial charge in [0.2, 0.25) is 5.89 Å². The topological polar surface area (TPSA) is 90.4 Å². The Balaban J connectivity index is 2.20. The summed E-state index contributed by atoms with van der Waals surface area (Å²) in [4.78, 5) is 14.8. The van der Waals surface area contributed by atoms with Crippen LogP contribution in [0.3, 0.4) is 0 Å². The number of rotatable bonds is 7. The molecule has 0 atom stereocenters. The highest BCUT2D eigenvalue weighted by molar-refractivity contribution is 6.33. The van der Waals surface area contributed by atoms with Crippen LogP contribution in [0, 0.1) is 10.1 Å². The zero-order valence-corrected chi connectivity index (χ0v) is 12.1. The third-order valence-corrected chi connectivity index (χ3v) is 3.06. The van der Waals surface area contributed by atoms with Gasteiger partial charge in [0.1, 0.15) is 11.8 Å². The van der Waals surface area contributed by atoms with Crippen LogP contribution in [-0.4, -0.2) is 30.2 Å². The minimum Gasteiger partial charge on any atom is -0.444 e. The molecule has 0 spiro atoms. The monoisotopic (exact) mass is 311 g/mol. The largest absolute Gasteiger partial charge is 0.444 e. The van der Waals surface area contributed by atoms with E-state index in [-0.39, 0.29) is 22.2 Å². The van der Waals surface area contributed by atoms with Crippen LogP contribution in [0.25, 0.3) is 11.5 Å². The molecular weight excluding hydrogens is 298 g/mol. The highest BCUT2D eigenvalue weighted by Crippen LogP contribution is 2.35. The summed E-state index contributed by atoms with van der Waals surface area (Å²) in [5.41, 5.74) is 0.686. The van der Waals surface area contributed by atoms with Crippen molar-refractivity contribution in [2.75, 3.05) is 20.3 Å². The van der Waals surface area contributed by atoms with Gasteiger partial charge in [-0.1, -0.05) is 17.7 Å². The summed E-state index contributed by atoms with van der Waals surface area (Å²) < 4.78 is 10.2. The Hall–Kier alpha value is -1.96. The summed E-state index contributed by atoms with van der Waals surface area (Å²) in [6, 6.07) is 4.44. The number of hydrogen-bond acceptors (Lipinski definition) is 6. The van der Waals surface area contributed by atoms with E-state index in [1.54, 1.807) is 13.2 Å². The van der Waals surface area contributed by atoms with Gasteiger partial charge in [0, 0.05) is 26.3 Å². The number of benzene rings is 1. The fourth-order valence-electron chi connectivity index (χ4n) is 1.77. The normalized spacial score (nSPS) is 10.8. The SMILES string of the molecule is COCCNCc1coc(-c2c(Cl)cccc2[N+](=O)[O-])n1. The number of nitrogens with zero attached hydrogens (tertiary/aromatic N) is 2.